The standard InChI is InChI=1S/C19H22N4OS3/c1-25-18-16-14(21-19(22-18)26-2)13-11-5-3-4-6-12(11)20-17(15(13)27-16)23-7-9-24-10-8-23/h3-10H2,1-2H3. The van der Waals surface area contributed by atoms with Crippen molar-refractivity contribution in [3.63, 3.8) is 0 Å². The smallest absolute Gasteiger partial charge is 0.189 e. The topological polar surface area (TPSA) is 51.1 Å². The lowest BCUT2D eigenvalue weighted by Crippen LogP contribution is -2.37. The summed E-state index contributed by atoms with van der Waals surface area (Å²) in [6.07, 6.45) is 8.82. The van der Waals surface area contributed by atoms with Crippen LogP contribution < -0.4 is 4.90 Å². The minimum absolute atomic E-state index is 0.775. The van der Waals surface area contributed by atoms with Crippen LogP contribution in [0.2, 0.25) is 0 Å². The number of rotatable bonds is 3. The van der Waals surface area contributed by atoms with E-state index in [1.807, 2.05) is 11.3 Å². The van der Waals surface area contributed by atoms with Crippen molar-refractivity contribution in [2.24, 2.45) is 0 Å². The molecule has 3 aromatic heterocycles. The monoisotopic (exact) mass is 418 g/mol. The zero-order valence-electron chi connectivity index (χ0n) is 15.6. The predicted molar refractivity (Wildman–Crippen MR) is 116 cm³/mol. The van der Waals surface area contributed by atoms with E-state index in [4.69, 9.17) is 19.7 Å². The third-order valence-electron chi connectivity index (χ3n) is 5.35. The number of anilines is 1. The van der Waals surface area contributed by atoms with E-state index in [0.717, 1.165) is 60.7 Å². The molecular weight excluding hydrogens is 396 g/mol. The van der Waals surface area contributed by atoms with Crippen molar-refractivity contribution >= 4 is 61.0 Å². The Balaban J connectivity index is 1.85. The lowest BCUT2D eigenvalue weighted by atomic mass is 9.93. The Bertz CT molecular complexity index is 1010. The van der Waals surface area contributed by atoms with Crippen molar-refractivity contribution in [2.45, 2.75) is 35.9 Å². The van der Waals surface area contributed by atoms with Crippen molar-refractivity contribution < 1.29 is 4.74 Å². The maximum atomic E-state index is 5.58. The van der Waals surface area contributed by atoms with E-state index >= 15 is 0 Å². The average molecular weight is 419 g/mol. The molecule has 1 saturated heterocycles. The molecule has 1 fully saturated rings. The molecule has 0 N–H and O–H groups in total. The molecule has 142 valence electrons. The molecule has 5 rings (SSSR count). The molecule has 8 heteroatoms. The molecule has 27 heavy (non-hydrogen) atoms. The second kappa shape index (κ2) is 7.39. The zero-order valence-corrected chi connectivity index (χ0v) is 18.0. The molecule has 0 atom stereocenters. The van der Waals surface area contributed by atoms with Crippen LogP contribution in [0.25, 0.3) is 20.3 Å². The summed E-state index contributed by atoms with van der Waals surface area (Å²) in [5.41, 5.74) is 3.84. The third-order valence-corrected chi connectivity index (χ3v) is 7.89. The highest BCUT2D eigenvalue weighted by atomic mass is 32.2. The van der Waals surface area contributed by atoms with Crippen molar-refractivity contribution in [2.75, 3.05) is 43.7 Å². The van der Waals surface area contributed by atoms with Gasteiger partial charge in [-0.25, -0.2) is 15.0 Å². The van der Waals surface area contributed by atoms with Gasteiger partial charge in [-0.3, -0.25) is 0 Å². The van der Waals surface area contributed by atoms with Gasteiger partial charge in [0.15, 0.2) is 5.16 Å². The number of hydrogen-bond donors (Lipinski definition) is 0. The van der Waals surface area contributed by atoms with E-state index in [9.17, 15) is 0 Å². The van der Waals surface area contributed by atoms with Gasteiger partial charge >= 0.3 is 0 Å². The first-order valence-corrected chi connectivity index (χ1v) is 12.6. The molecule has 0 spiro atoms. The minimum Gasteiger partial charge on any atom is -0.378 e. The van der Waals surface area contributed by atoms with Crippen LogP contribution in [0.15, 0.2) is 10.2 Å². The summed E-state index contributed by atoms with van der Waals surface area (Å²) in [5, 5.41) is 3.29. The van der Waals surface area contributed by atoms with Crippen LogP contribution in [0.1, 0.15) is 24.1 Å². The van der Waals surface area contributed by atoms with Gasteiger partial charge in [-0.15, -0.1) is 23.1 Å². The number of thiophene rings is 1. The second-order valence-electron chi connectivity index (χ2n) is 6.87. The number of nitrogens with zero attached hydrogens (tertiary/aromatic N) is 4. The van der Waals surface area contributed by atoms with Crippen LogP contribution in [-0.2, 0) is 17.6 Å². The van der Waals surface area contributed by atoms with Gasteiger partial charge in [0.25, 0.3) is 0 Å². The van der Waals surface area contributed by atoms with Gasteiger partial charge < -0.3 is 9.64 Å². The van der Waals surface area contributed by atoms with Gasteiger partial charge in [-0.1, -0.05) is 11.8 Å². The number of pyridine rings is 1. The number of hydrogen-bond acceptors (Lipinski definition) is 8. The first kappa shape index (κ1) is 18.0. The molecule has 0 radical (unpaired) electrons. The second-order valence-corrected chi connectivity index (χ2v) is 9.46. The van der Waals surface area contributed by atoms with E-state index in [0.29, 0.717) is 0 Å². The molecule has 0 aromatic carbocycles. The van der Waals surface area contributed by atoms with Crippen LogP contribution in [-0.4, -0.2) is 53.8 Å². The number of thioether (sulfide) groups is 2. The fourth-order valence-electron chi connectivity index (χ4n) is 4.05. The van der Waals surface area contributed by atoms with Crippen molar-refractivity contribution in [1.29, 1.82) is 0 Å². The first-order chi connectivity index (χ1) is 13.3. The fourth-order valence-corrected chi connectivity index (χ4v) is 6.48. The van der Waals surface area contributed by atoms with Crippen LogP contribution in [0.3, 0.4) is 0 Å². The molecule has 0 saturated carbocycles. The molecular formula is C19H22N4OS3. The Hall–Kier alpha value is -1.09. The molecule has 0 amide bonds. The lowest BCUT2D eigenvalue weighted by molar-refractivity contribution is 0.122. The van der Waals surface area contributed by atoms with Gasteiger partial charge in [0.1, 0.15) is 10.8 Å². The lowest BCUT2D eigenvalue weighted by Gasteiger charge is -2.29. The number of fused-ring (bicyclic) bond motifs is 5. The molecule has 1 aliphatic heterocycles. The third kappa shape index (κ3) is 3.01. The van der Waals surface area contributed by atoms with Crippen LogP contribution in [0.4, 0.5) is 5.82 Å². The number of morpholine rings is 1. The summed E-state index contributed by atoms with van der Waals surface area (Å²) in [4.78, 5) is 17.3. The molecule has 4 heterocycles. The SMILES string of the molecule is CSc1nc(SC)c2sc3c(N4CCOCC4)nc4c(c3c2n1)CCCC4. The molecule has 0 bridgehead atoms. The van der Waals surface area contributed by atoms with Crippen LogP contribution in [0, 0.1) is 0 Å². The summed E-state index contributed by atoms with van der Waals surface area (Å²) in [6, 6.07) is 0. The molecule has 1 aliphatic carbocycles. The fraction of sp³-hybridized carbons (Fsp3) is 0.526. The van der Waals surface area contributed by atoms with E-state index < -0.39 is 0 Å². The Morgan fingerprint density at radius 3 is 2.56 bits per heavy atom. The first-order valence-electron chi connectivity index (χ1n) is 9.37. The molecule has 0 unspecified atom stereocenters. The van der Waals surface area contributed by atoms with Crippen molar-refractivity contribution in [3.05, 3.63) is 11.3 Å². The predicted octanol–water partition coefficient (Wildman–Crippen LogP) is 4.40. The summed E-state index contributed by atoms with van der Waals surface area (Å²) in [7, 11) is 0. The van der Waals surface area contributed by atoms with Gasteiger partial charge in [-0.2, -0.15) is 0 Å². The summed E-state index contributed by atoms with van der Waals surface area (Å²) in [5.74, 6) is 1.13. The quantitative estimate of drug-likeness (QED) is 0.355. The Labute approximate surface area is 171 Å². The summed E-state index contributed by atoms with van der Waals surface area (Å²) in [6.45, 7) is 3.37. The number of ether oxygens (including phenoxy) is 1. The van der Waals surface area contributed by atoms with E-state index in [-0.39, 0.29) is 0 Å². The van der Waals surface area contributed by atoms with E-state index in [1.54, 1.807) is 23.5 Å². The van der Waals surface area contributed by atoms with Crippen molar-refractivity contribution in [3.8, 4) is 0 Å². The van der Waals surface area contributed by atoms with Gasteiger partial charge in [-0.05, 0) is 43.8 Å². The average Bonchev–Trinajstić information content (AvgIpc) is 3.12. The largest absolute Gasteiger partial charge is 0.378 e. The van der Waals surface area contributed by atoms with Gasteiger partial charge in [0, 0.05) is 24.2 Å². The molecule has 3 aromatic rings. The van der Waals surface area contributed by atoms with Crippen LogP contribution >= 0.6 is 34.9 Å². The summed E-state index contributed by atoms with van der Waals surface area (Å²) >= 11 is 5.16. The highest BCUT2D eigenvalue weighted by Gasteiger charge is 2.26. The highest BCUT2D eigenvalue weighted by Crippen LogP contribution is 2.45. The Kier molecular flexibility index (Phi) is 4.92. The van der Waals surface area contributed by atoms with E-state index in [2.05, 4.69) is 17.4 Å². The number of aryl methyl sites for hydroxylation is 2. The van der Waals surface area contributed by atoms with Gasteiger partial charge in [0.2, 0.25) is 0 Å². The minimum atomic E-state index is 0.775. The van der Waals surface area contributed by atoms with Crippen molar-refractivity contribution in [1.82, 2.24) is 15.0 Å². The zero-order chi connectivity index (χ0) is 18.4. The number of aromatic nitrogens is 3. The maximum Gasteiger partial charge on any atom is 0.189 e. The Morgan fingerprint density at radius 2 is 1.78 bits per heavy atom. The molecule has 5 nitrogen and oxygen atoms in total. The van der Waals surface area contributed by atoms with E-state index in [1.165, 1.54) is 38.9 Å². The van der Waals surface area contributed by atoms with Crippen LogP contribution in [0.5, 0.6) is 0 Å². The molecule has 2 aliphatic rings. The normalized spacial score (nSPS) is 17.6. The summed E-state index contributed by atoms with van der Waals surface area (Å²) < 4.78 is 8.08. The highest BCUT2D eigenvalue weighted by molar-refractivity contribution is 7.99. The van der Waals surface area contributed by atoms with Gasteiger partial charge in [0.05, 0.1) is 28.1 Å². The Morgan fingerprint density at radius 1 is 0.963 bits per heavy atom. The maximum absolute atomic E-state index is 5.58.